The molecule has 0 N–H and O–H groups in total. The van der Waals surface area contributed by atoms with Crippen LogP contribution in [-0.4, -0.2) is 19.3 Å². The molecule has 100 valence electrons. The third kappa shape index (κ3) is 1.88. The summed E-state index contributed by atoms with van der Waals surface area (Å²) in [6.07, 6.45) is 4.50. The summed E-state index contributed by atoms with van der Waals surface area (Å²) in [7, 11) is 0. The van der Waals surface area contributed by atoms with Gasteiger partial charge in [-0.15, -0.1) is 0 Å². The SMILES string of the molecule is Cc1c(Br)cc2c(c1C1(N=C=O)CCC1)OCCO2. The Morgan fingerprint density at radius 3 is 2.74 bits per heavy atom. The van der Waals surface area contributed by atoms with Gasteiger partial charge in [-0.1, -0.05) is 15.9 Å². The zero-order valence-corrected chi connectivity index (χ0v) is 12.2. The molecular weight excluding hydrogens is 310 g/mol. The predicted octanol–water partition coefficient (Wildman–Crippen LogP) is 3.24. The van der Waals surface area contributed by atoms with E-state index < -0.39 is 5.54 Å². The number of isocyanates is 1. The van der Waals surface area contributed by atoms with Crippen molar-refractivity contribution in [2.75, 3.05) is 13.2 Å². The van der Waals surface area contributed by atoms with Gasteiger partial charge in [0.2, 0.25) is 6.08 Å². The lowest BCUT2D eigenvalue weighted by Crippen LogP contribution is -2.34. The number of aliphatic imine (C=N–C) groups is 1. The quantitative estimate of drug-likeness (QED) is 0.620. The lowest BCUT2D eigenvalue weighted by atomic mass is 9.70. The molecule has 1 aliphatic carbocycles. The summed E-state index contributed by atoms with van der Waals surface area (Å²) in [5.74, 6) is 1.47. The first-order chi connectivity index (χ1) is 9.18. The predicted molar refractivity (Wildman–Crippen MR) is 73.5 cm³/mol. The van der Waals surface area contributed by atoms with Crippen LogP contribution in [0.5, 0.6) is 11.5 Å². The topological polar surface area (TPSA) is 47.9 Å². The van der Waals surface area contributed by atoms with E-state index in [0.29, 0.717) is 13.2 Å². The first kappa shape index (κ1) is 12.7. The highest BCUT2D eigenvalue weighted by molar-refractivity contribution is 9.10. The van der Waals surface area contributed by atoms with E-state index in [1.165, 1.54) is 0 Å². The number of benzene rings is 1. The standard InChI is InChI=1S/C14H14BrNO3/c1-9-10(15)7-11-13(19-6-5-18-11)12(9)14(16-8-17)3-2-4-14/h7H,2-6H2,1H3. The summed E-state index contributed by atoms with van der Waals surface area (Å²) >= 11 is 3.55. The Morgan fingerprint density at radius 1 is 1.37 bits per heavy atom. The molecule has 0 radical (unpaired) electrons. The Morgan fingerprint density at radius 2 is 2.11 bits per heavy atom. The van der Waals surface area contributed by atoms with Gasteiger partial charge in [-0.05, 0) is 37.8 Å². The van der Waals surface area contributed by atoms with Crippen LogP contribution >= 0.6 is 15.9 Å². The van der Waals surface area contributed by atoms with E-state index in [1.807, 2.05) is 13.0 Å². The molecule has 19 heavy (non-hydrogen) atoms. The Labute approximate surface area is 119 Å². The molecular formula is C14H14BrNO3. The second-order valence-electron chi connectivity index (χ2n) is 4.97. The Hall–Kier alpha value is -1.32. The van der Waals surface area contributed by atoms with Gasteiger partial charge in [0, 0.05) is 10.0 Å². The van der Waals surface area contributed by atoms with E-state index in [0.717, 1.165) is 46.4 Å². The molecule has 0 spiro atoms. The van der Waals surface area contributed by atoms with Crippen molar-refractivity contribution in [3.05, 3.63) is 21.7 Å². The summed E-state index contributed by atoms with van der Waals surface area (Å²) in [6, 6.07) is 1.92. The van der Waals surface area contributed by atoms with Gasteiger partial charge in [-0.2, -0.15) is 4.99 Å². The normalized spacial score (nSPS) is 19.3. The van der Waals surface area contributed by atoms with Crippen LogP contribution in [0, 0.1) is 6.92 Å². The third-order valence-electron chi connectivity index (χ3n) is 3.93. The van der Waals surface area contributed by atoms with E-state index in [9.17, 15) is 4.79 Å². The first-order valence-corrected chi connectivity index (χ1v) is 7.15. The number of rotatable bonds is 2. The van der Waals surface area contributed by atoms with Crippen LogP contribution in [0.3, 0.4) is 0 Å². The molecule has 1 aromatic rings. The summed E-state index contributed by atoms with van der Waals surface area (Å²) in [6.45, 7) is 3.09. The zero-order chi connectivity index (χ0) is 13.5. The number of nitrogens with zero attached hydrogens (tertiary/aromatic N) is 1. The minimum absolute atomic E-state index is 0.472. The fourth-order valence-electron chi connectivity index (χ4n) is 2.82. The van der Waals surface area contributed by atoms with Crippen molar-refractivity contribution >= 4 is 22.0 Å². The van der Waals surface area contributed by atoms with E-state index in [4.69, 9.17) is 9.47 Å². The molecule has 5 heteroatoms. The van der Waals surface area contributed by atoms with Gasteiger partial charge in [-0.25, -0.2) is 4.79 Å². The van der Waals surface area contributed by atoms with Crippen molar-refractivity contribution in [3.63, 3.8) is 0 Å². The lowest BCUT2D eigenvalue weighted by molar-refractivity contribution is 0.159. The lowest BCUT2D eigenvalue weighted by Gasteiger charge is -2.40. The molecule has 1 saturated carbocycles. The number of hydrogen-bond donors (Lipinski definition) is 0. The van der Waals surface area contributed by atoms with Crippen LogP contribution in [0.1, 0.15) is 30.4 Å². The van der Waals surface area contributed by atoms with Crippen molar-refractivity contribution in [2.24, 2.45) is 4.99 Å². The summed E-state index contributed by atoms with van der Waals surface area (Å²) in [5, 5.41) is 0. The van der Waals surface area contributed by atoms with Gasteiger partial charge in [0.15, 0.2) is 11.5 Å². The number of halogens is 1. The molecule has 4 nitrogen and oxygen atoms in total. The summed E-state index contributed by atoms with van der Waals surface area (Å²) < 4.78 is 12.4. The molecule has 3 rings (SSSR count). The van der Waals surface area contributed by atoms with Crippen LogP contribution < -0.4 is 9.47 Å². The van der Waals surface area contributed by atoms with Gasteiger partial charge in [0.25, 0.3) is 0 Å². The van der Waals surface area contributed by atoms with Gasteiger partial charge in [0.1, 0.15) is 18.8 Å². The molecule has 0 unspecified atom stereocenters. The van der Waals surface area contributed by atoms with E-state index in [2.05, 4.69) is 20.9 Å². The minimum atomic E-state index is -0.472. The Bertz CT molecular complexity index is 575. The molecule has 2 aliphatic rings. The van der Waals surface area contributed by atoms with Gasteiger partial charge >= 0.3 is 0 Å². The first-order valence-electron chi connectivity index (χ1n) is 6.36. The van der Waals surface area contributed by atoms with Gasteiger partial charge < -0.3 is 9.47 Å². The highest BCUT2D eigenvalue weighted by atomic mass is 79.9. The van der Waals surface area contributed by atoms with Crippen LogP contribution in [0.4, 0.5) is 0 Å². The second kappa shape index (κ2) is 4.66. The van der Waals surface area contributed by atoms with Crippen LogP contribution in [-0.2, 0) is 10.3 Å². The van der Waals surface area contributed by atoms with E-state index >= 15 is 0 Å². The van der Waals surface area contributed by atoms with Crippen molar-refractivity contribution in [3.8, 4) is 11.5 Å². The van der Waals surface area contributed by atoms with Gasteiger partial charge in [0.05, 0.1) is 0 Å². The fourth-order valence-corrected chi connectivity index (χ4v) is 3.23. The molecule has 0 aromatic heterocycles. The highest BCUT2D eigenvalue weighted by Gasteiger charge is 2.44. The number of ether oxygens (including phenoxy) is 2. The smallest absolute Gasteiger partial charge is 0.235 e. The minimum Gasteiger partial charge on any atom is -0.486 e. The number of carbonyl (C=O) groups excluding carboxylic acids is 1. The second-order valence-corrected chi connectivity index (χ2v) is 5.83. The van der Waals surface area contributed by atoms with Crippen LogP contribution in [0.15, 0.2) is 15.5 Å². The summed E-state index contributed by atoms with van der Waals surface area (Å²) in [4.78, 5) is 14.9. The van der Waals surface area contributed by atoms with Crippen molar-refractivity contribution in [1.82, 2.24) is 0 Å². The maximum absolute atomic E-state index is 10.8. The van der Waals surface area contributed by atoms with E-state index in [-0.39, 0.29) is 0 Å². The Kier molecular flexibility index (Phi) is 3.11. The van der Waals surface area contributed by atoms with Gasteiger partial charge in [-0.3, -0.25) is 0 Å². The maximum Gasteiger partial charge on any atom is 0.235 e. The Balaban J connectivity index is 2.24. The molecule has 1 aliphatic heterocycles. The number of hydrogen-bond acceptors (Lipinski definition) is 4. The summed E-state index contributed by atoms with van der Waals surface area (Å²) in [5.41, 5.74) is 1.56. The largest absolute Gasteiger partial charge is 0.486 e. The monoisotopic (exact) mass is 323 g/mol. The zero-order valence-electron chi connectivity index (χ0n) is 10.7. The molecule has 0 bridgehead atoms. The molecule has 0 atom stereocenters. The van der Waals surface area contributed by atoms with Crippen LogP contribution in [0.25, 0.3) is 0 Å². The maximum atomic E-state index is 10.8. The molecule has 1 heterocycles. The molecule has 1 fully saturated rings. The molecule has 1 aromatic carbocycles. The molecule has 0 amide bonds. The van der Waals surface area contributed by atoms with E-state index in [1.54, 1.807) is 6.08 Å². The molecule has 0 saturated heterocycles. The van der Waals surface area contributed by atoms with Crippen molar-refractivity contribution in [2.45, 2.75) is 31.7 Å². The average molecular weight is 324 g/mol. The fraction of sp³-hybridized carbons (Fsp3) is 0.500. The average Bonchev–Trinajstić information content (AvgIpc) is 2.36. The highest BCUT2D eigenvalue weighted by Crippen LogP contribution is 2.53. The number of fused-ring (bicyclic) bond motifs is 1. The third-order valence-corrected chi connectivity index (χ3v) is 4.76. The van der Waals surface area contributed by atoms with Crippen LogP contribution in [0.2, 0.25) is 0 Å². The van der Waals surface area contributed by atoms with Crippen molar-refractivity contribution < 1.29 is 14.3 Å². The van der Waals surface area contributed by atoms with Crippen molar-refractivity contribution in [1.29, 1.82) is 0 Å².